The molecule has 2 heterocycles. The Hall–Kier alpha value is -4.40. The van der Waals surface area contributed by atoms with Crippen LogP contribution in [0.4, 0.5) is 5.69 Å². The van der Waals surface area contributed by atoms with Gasteiger partial charge in [0.15, 0.2) is 5.76 Å². The Balaban J connectivity index is 1.49. The summed E-state index contributed by atoms with van der Waals surface area (Å²) in [5.74, 6) is 0.279. The second kappa shape index (κ2) is 8.99. The molecular formula is C24H22N4O5. The van der Waals surface area contributed by atoms with Crippen LogP contribution in [-0.2, 0) is 0 Å². The molecule has 4 aromatic rings. The number of nitrogens with zero attached hydrogens (tertiary/aromatic N) is 3. The van der Waals surface area contributed by atoms with Crippen molar-refractivity contribution in [1.82, 2.24) is 9.99 Å². The Kier molecular flexibility index (Phi) is 5.95. The van der Waals surface area contributed by atoms with Crippen molar-refractivity contribution in [3.8, 4) is 11.4 Å². The number of hydrogen-bond donors (Lipinski definition) is 1. The quantitative estimate of drug-likeness (QED) is 0.246. The minimum atomic E-state index is -0.551. The number of nitro benzene ring substituents is 1. The maximum Gasteiger partial charge on any atom is 0.307 e. The minimum absolute atomic E-state index is 0.0162. The van der Waals surface area contributed by atoms with Crippen LogP contribution in [0, 0.1) is 24.0 Å². The molecule has 4 rings (SSSR count). The highest BCUT2D eigenvalue weighted by Gasteiger charge is 2.15. The fraction of sp³-hybridized carbons (Fsp3) is 0.167. The van der Waals surface area contributed by atoms with Gasteiger partial charge >= 0.3 is 5.91 Å². The number of furan rings is 1. The van der Waals surface area contributed by atoms with Gasteiger partial charge in [-0.3, -0.25) is 14.9 Å². The van der Waals surface area contributed by atoms with Crippen molar-refractivity contribution in [3.63, 3.8) is 0 Å². The summed E-state index contributed by atoms with van der Waals surface area (Å²) in [5.41, 5.74) is 6.57. The van der Waals surface area contributed by atoms with Crippen molar-refractivity contribution < 1.29 is 18.9 Å². The van der Waals surface area contributed by atoms with Gasteiger partial charge in [0.1, 0.15) is 11.3 Å². The van der Waals surface area contributed by atoms with Gasteiger partial charge in [0.25, 0.3) is 5.69 Å². The first-order chi connectivity index (χ1) is 15.9. The second-order valence-electron chi connectivity index (χ2n) is 7.38. The van der Waals surface area contributed by atoms with Crippen LogP contribution in [0.2, 0.25) is 0 Å². The number of hydrazone groups is 1. The highest BCUT2D eigenvalue weighted by atomic mass is 16.6. The second-order valence-corrected chi connectivity index (χ2v) is 7.38. The SMILES string of the molecule is CCOc1ccc(-n2c(C)cc(/C=N/NC(=O)c3cc4cc([N+](=O)[O-])ccc4o3)c2C)cc1. The van der Waals surface area contributed by atoms with Crippen molar-refractivity contribution in [2.45, 2.75) is 20.8 Å². The standard InChI is InChI=1S/C24H22N4O5/c1-4-32-21-8-5-19(6-9-21)27-15(2)11-18(16(27)3)14-25-26-24(29)23-13-17-12-20(28(30)31)7-10-22(17)33-23/h5-14H,4H2,1-3H3,(H,26,29)/b25-14+. The van der Waals surface area contributed by atoms with E-state index in [1.54, 1.807) is 6.21 Å². The molecule has 2 aromatic carbocycles. The molecule has 2 aromatic heterocycles. The fourth-order valence-corrected chi connectivity index (χ4v) is 3.65. The number of amides is 1. The first-order valence-corrected chi connectivity index (χ1v) is 10.3. The average Bonchev–Trinajstić information content (AvgIpc) is 3.34. The van der Waals surface area contributed by atoms with E-state index in [0.717, 1.165) is 28.4 Å². The number of ether oxygens (including phenoxy) is 1. The predicted octanol–water partition coefficient (Wildman–Crippen LogP) is 4.91. The first kappa shape index (κ1) is 21.8. The summed E-state index contributed by atoms with van der Waals surface area (Å²) < 4.78 is 13.1. The molecular weight excluding hydrogens is 424 g/mol. The maximum absolute atomic E-state index is 12.4. The lowest BCUT2D eigenvalue weighted by molar-refractivity contribution is -0.384. The number of hydrogen-bond acceptors (Lipinski definition) is 6. The van der Waals surface area contributed by atoms with E-state index in [4.69, 9.17) is 9.15 Å². The molecule has 0 radical (unpaired) electrons. The van der Waals surface area contributed by atoms with Crippen LogP contribution in [0.1, 0.15) is 34.4 Å². The van der Waals surface area contributed by atoms with Gasteiger partial charge in [0, 0.05) is 40.2 Å². The van der Waals surface area contributed by atoms with Gasteiger partial charge in [-0.05, 0) is 63.2 Å². The van der Waals surface area contributed by atoms with E-state index in [-0.39, 0.29) is 11.4 Å². The summed E-state index contributed by atoms with van der Waals surface area (Å²) in [5, 5.41) is 15.4. The Bertz CT molecular complexity index is 1370. The molecule has 0 bridgehead atoms. The summed E-state index contributed by atoms with van der Waals surface area (Å²) in [6.45, 7) is 6.52. The van der Waals surface area contributed by atoms with Gasteiger partial charge < -0.3 is 13.7 Å². The lowest BCUT2D eigenvalue weighted by Gasteiger charge is -2.10. The molecule has 0 saturated heterocycles. The fourth-order valence-electron chi connectivity index (χ4n) is 3.65. The molecule has 9 nitrogen and oxygen atoms in total. The monoisotopic (exact) mass is 446 g/mol. The summed E-state index contributed by atoms with van der Waals surface area (Å²) in [6.07, 6.45) is 1.57. The number of carbonyl (C=O) groups is 1. The third-order valence-corrected chi connectivity index (χ3v) is 5.18. The topological polar surface area (TPSA) is 112 Å². The number of rotatable bonds is 7. The van der Waals surface area contributed by atoms with Crippen molar-refractivity contribution in [2.24, 2.45) is 5.10 Å². The van der Waals surface area contributed by atoms with Crippen molar-refractivity contribution in [1.29, 1.82) is 0 Å². The number of aryl methyl sites for hydroxylation is 1. The zero-order valence-electron chi connectivity index (χ0n) is 18.4. The lowest BCUT2D eigenvalue weighted by Crippen LogP contribution is -2.16. The Morgan fingerprint density at radius 3 is 2.64 bits per heavy atom. The van der Waals surface area contributed by atoms with Crippen molar-refractivity contribution >= 4 is 28.8 Å². The first-order valence-electron chi connectivity index (χ1n) is 10.3. The number of aromatic nitrogens is 1. The molecule has 0 aliphatic carbocycles. The highest BCUT2D eigenvalue weighted by Crippen LogP contribution is 2.24. The maximum atomic E-state index is 12.4. The molecule has 0 aliphatic heterocycles. The van der Waals surface area contributed by atoms with Crippen LogP contribution in [0.15, 0.2) is 64.1 Å². The van der Waals surface area contributed by atoms with Crippen LogP contribution >= 0.6 is 0 Å². The molecule has 1 N–H and O–H groups in total. The summed E-state index contributed by atoms with van der Waals surface area (Å²) >= 11 is 0. The van der Waals surface area contributed by atoms with Crippen molar-refractivity contribution in [3.05, 3.63) is 87.4 Å². The van der Waals surface area contributed by atoms with Crippen LogP contribution in [0.5, 0.6) is 5.75 Å². The minimum Gasteiger partial charge on any atom is -0.494 e. The number of nitro groups is 1. The summed E-state index contributed by atoms with van der Waals surface area (Å²) in [7, 11) is 0. The number of non-ortho nitro benzene ring substituents is 1. The normalized spacial score (nSPS) is 11.2. The van der Waals surface area contributed by atoms with E-state index in [0.29, 0.717) is 17.6 Å². The van der Waals surface area contributed by atoms with Gasteiger partial charge in [-0.25, -0.2) is 5.43 Å². The van der Waals surface area contributed by atoms with Crippen molar-refractivity contribution in [2.75, 3.05) is 6.61 Å². The molecule has 0 spiro atoms. The molecule has 9 heteroatoms. The number of nitrogens with one attached hydrogen (secondary N) is 1. The van der Waals surface area contributed by atoms with E-state index in [9.17, 15) is 14.9 Å². The zero-order valence-corrected chi connectivity index (χ0v) is 18.4. The van der Waals surface area contributed by atoms with Gasteiger partial charge in [0.2, 0.25) is 0 Å². The molecule has 168 valence electrons. The molecule has 33 heavy (non-hydrogen) atoms. The van der Waals surface area contributed by atoms with Gasteiger partial charge in [-0.1, -0.05) is 0 Å². The van der Waals surface area contributed by atoms with Crippen LogP contribution in [0.3, 0.4) is 0 Å². The number of carbonyl (C=O) groups excluding carboxylic acids is 1. The van der Waals surface area contributed by atoms with Crippen LogP contribution < -0.4 is 10.2 Å². The number of benzene rings is 2. The number of fused-ring (bicyclic) bond motifs is 1. The van der Waals surface area contributed by atoms with Crippen LogP contribution in [0.25, 0.3) is 16.7 Å². The van der Waals surface area contributed by atoms with Crippen LogP contribution in [-0.4, -0.2) is 28.2 Å². The van der Waals surface area contributed by atoms with E-state index in [2.05, 4.69) is 15.1 Å². The molecule has 0 fully saturated rings. The van der Waals surface area contributed by atoms with E-state index in [1.807, 2.05) is 51.1 Å². The molecule has 0 aliphatic rings. The summed E-state index contributed by atoms with van der Waals surface area (Å²) in [4.78, 5) is 22.8. The lowest BCUT2D eigenvalue weighted by atomic mass is 10.2. The third kappa shape index (κ3) is 4.47. The Labute approximate surface area is 189 Å². The molecule has 0 unspecified atom stereocenters. The molecule has 0 atom stereocenters. The average molecular weight is 446 g/mol. The van der Waals surface area contributed by atoms with Gasteiger partial charge in [-0.15, -0.1) is 0 Å². The van der Waals surface area contributed by atoms with E-state index < -0.39 is 10.8 Å². The third-order valence-electron chi connectivity index (χ3n) is 5.18. The molecule has 1 amide bonds. The smallest absolute Gasteiger partial charge is 0.307 e. The summed E-state index contributed by atoms with van der Waals surface area (Å²) in [6, 6.07) is 15.4. The van der Waals surface area contributed by atoms with E-state index in [1.165, 1.54) is 24.3 Å². The highest BCUT2D eigenvalue weighted by molar-refractivity contribution is 5.97. The van der Waals surface area contributed by atoms with Gasteiger partial charge in [-0.2, -0.15) is 5.10 Å². The van der Waals surface area contributed by atoms with E-state index >= 15 is 0 Å². The Morgan fingerprint density at radius 2 is 1.94 bits per heavy atom. The molecule has 0 saturated carbocycles. The Morgan fingerprint density at radius 1 is 1.18 bits per heavy atom. The van der Waals surface area contributed by atoms with Gasteiger partial charge in [0.05, 0.1) is 17.7 Å². The zero-order chi connectivity index (χ0) is 23.5. The predicted molar refractivity (Wildman–Crippen MR) is 124 cm³/mol. The largest absolute Gasteiger partial charge is 0.494 e.